The molecule has 26 heavy (non-hydrogen) atoms. The van der Waals surface area contributed by atoms with Crippen LogP contribution in [0.1, 0.15) is 64.2 Å². The molecule has 1 N–H and O–H groups in total. The molecule has 3 nitrogen and oxygen atoms in total. The SMILES string of the molecule is CN1CCC(NC(=O)C2CCCCC2C2CCC(C(F)(F)F)CC2)CC1. The van der Waals surface area contributed by atoms with Crippen molar-refractivity contribution in [3.63, 3.8) is 0 Å². The van der Waals surface area contributed by atoms with Gasteiger partial charge >= 0.3 is 6.18 Å². The molecule has 0 radical (unpaired) electrons. The second kappa shape index (κ2) is 8.49. The molecule has 0 aromatic heterocycles. The fourth-order valence-electron chi connectivity index (χ4n) is 5.39. The maximum atomic E-state index is 12.9. The molecule has 3 fully saturated rings. The Morgan fingerprint density at radius 1 is 0.923 bits per heavy atom. The van der Waals surface area contributed by atoms with Crippen molar-refractivity contribution in [1.29, 1.82) is 0 Å². The predicted octanol–water partition coefficient (Wildman–Crippen LogP) is 4.37. The lowest BCUT2D eigenvalue weighted by atomic mass is 9.66. The summed E-state index contributed by atoms with van der Waals surface area (Å²) in [5.41, 5.74) is 0. The zero-order chi connectivity index (χ0) is 18.7. The van der Waals surface area contributed by atoms with E-state index in [0.29, 0.717) is 18.8 Å². The summed E-state index contributed by atoms with van der Waals surface area (Å²) in [7, 11) is 2.10. The highest BCUT2D eigenvalue weighted by molar-refractivity contribution is 5.79. The van der Waals surface area contributed by atoms with Crippen molar-refractivity contribution in [1.82, 2.24) is 10.2 Å². The number of rotatable bonds is 3. The van der Waals surface area contributed by atoms with E-state index in [-0.39, 0.29) is 36.6 Å². The molecule has 2 atom stereocenters. The number of carbonyl (C=O) groups is 1. The van der Waals surface area contributed by atoms with Crippen LogP contribution in [0.2, 0.25) is 0 Å². The topological polar surface area (TPSA) is 32.3 Å². The van der Waals surface area contributed by atoms with Crippen molar-refractivity contribution < 1.29 is 18.0 Å². The number of halogens is 3. The number of carbonyl (C=O) groups excluding carboxylic acids is 1. The van der Waals surface area contributed by atoms with Gasteiger partial charge in [-0.1, -0.05) is 12.8 Å². The lowest BCUT2D eigenvalue weighted by Crippen LogP contribution is -2.48. The van der Waals surface area contributed by atoms with E-state index in [4.69, 9.17) is 0 Å². The van der Waals surface area contributed by atoms with Crippen molar-refractivity contribution in [2.75, 3.05) is 20.1 Å². The van der Waals surface area contributed by atoms with Crippen LogP contribution in [0.3, 0.4) is 0 Å². The predicted molar refractivity (Wildman–Crippen MR) is 95.6 cm³/mol. The average Bonchev–Trinajstić information content (AvgIpc) is 2.63. The quantitative estimate of drug-likeness (QED) is 0.795. The molecule has 1 heterocycles. The van der Waals surface area contributed by atoms with Crippen molar-refractivity contribution in [2.24, 2.45) is 23.7 Å². The molecule has 2 saturated carbocycles. The summed E-state index contributed by atoms with van der Waals surface area (Å²) in [5, 5.41) is 3.27. The van der Waals surface area contributed by atoms with E-state index in [9.17, 15) is 18.0 Å². The first-order chi connectivity index (χ1) is 12.3. The molecule has 1 aliphatic heterocycles. The van der Waals surface area contributed by atoms with Gasteiger partial charge in [0.1, 0.15) is 0 Å². The van der Waals surface area contributed by atoms with Crippen LogP contribution in [-0.4, -0.2) is 43.2 Å². The molecule has 6 heteroatoms. The molecule has 0 aromatic carbocycles. The number of alkyl halides is 3. The molecule has 1 saturated heterocycles. The Kier molecular flexibility index (Phi) is 6.52. The van der Waals surface area contributed by atoms with Gasteiger partial charge in [-0.3, -0.25) is 4.79 Å². The summed E-state index contributed by atoms with van der Waals surface area (Å²) in [5.74, 6) is -0.377. The molecule has 1 amide bonds. The zero-order valence-corrected chi connectivity index (χ0v) is 15.9. The van der Waals surface area contributed by atoms with Gasteiger partial charge in [-0.15, -0.1) is 0 Å². The van der Waals surface area contributed by atoms with Crippen LogP contribution in [0.4, 0.5) is 13.2 Å². The van der Waals surface area contributed by atoms with Crippen molar-refractivity contribution >= 4 is 5.91 Å². The lowest BCUT2D eigenvalue weighted by Gasteiger charge is -2.41. The number of nitrogens with zero attached hydrogens (tertiary/aromatic N) is 1. The molecular weight excluding hydrogens is 341 g/mol. The molecule has 3 rings (SSSR count). The van der Waals surface area contributed by atoms with Gasteiger partial charge in [0.15, 0.2) is 0 Å². The number of hydrogen-bond donors (Lipinski definition) is 1. The van der Waals surface area contributed by atoms with Crippen LogP contribution in [0.25, 0.3) is 0 Å². The van der Waals surface area contributed by atoms with Gasteiger partial charge in [0, 0.05) is 12.0 Å². The average molecular weight is 374 g/mol. The summed E-state index contributed by atoms with van der Waals surface area (Å²) in [6, 6.07) is 0.266. The summed E-state index contributed by atoms with van der Waals surface area (Å²) in [6.07, 6.45) is 3.79. The minimum absolute atomic E-state index is 0.0100. The van der Waals surface area contributed by atoms with Gasteiger partial charge in [0.2, 0.25) is 5.91 Å². The van der Waals surface area contributed by atoms with Gasteiger partial charge in [0.25, 0.3) is 0 Å². The van der Waals surface area contributed by atoms with Crippen molar-refractivity contribution in [3.8, 4) is 0 Å². The van der Waals surface area contributed by atoms with E-state index >= 15 is 0 Å². The highest BCUT2D eigenvalue weighted by atomic mass is 19.4. The number of nitrogens with one attached hydrogen (secondary N) is 1. The molecule has 2 aliphatic carbocycles. The first-order valence-corrected chi connectivity index (χ1v) is 10.4. The Morgan fingerprint density at radius 2 is 1.54 bits per heavy atom. The first kappa shape index (κ1) is 20.0. The standard InChI is InChI=1S/C20H33F3N2O/c1-25-12-10-16(11-13-25)24-19(26)18-5-3-2-4-17(18)14-6-8-15(9-7-14)20(21,22)23/h14-18H,2-13H2,1H3,(H,24,26). The monoisotopic (exact) mass is 374 g/mol. The molecule has 2 unspecified atom stereocenters. The molecular formula is C20H33F3N2O. The Morgan fingerprint density at radius 3 is 2.15 bits per heavy atom. The van der Waals surface area contributed by atoms with Gasteiger partial charge in [-0.25, -0.2) is 0 Å². The third-order valence-electron chi connectivity index (χ3n) is 7.06. The minimum atomic E-state index is -4.05. The van der Waals surface area contributed by atoms with E-state index in [1.54, 1.807) is 0 Å². The Bertz CT molecular complexity index is 466. The smallest absolute Gasteiger partial charge is 0.353 e. The van der Waals surface area contributed by atoms with E-state index in [0.717, 1.165) is 51.6 Å². The maximum absolute atomic E-state index is 12.9. The number of likely N-dealkylation sites (tertiary alicyclic amines) is 1. The van der Waals surface area contributed by atoms with Gasteiger partial charge in [-0.05, 0) is 83.3 Å². The van der Waals surface area contributed by atoms with Crippen LogP contribution in [0.5, 0.6) is 0 Å². The van der Waals surface area contributed by atoms with Crippen LogP contribution >= 0.6 is 0 Å². The van der Waals surface area contributed by atoms with E-state index in [2.05, 4.69) is 17.3 Å². The third-order valence-corrected chi connectivity index (χ3v) is 7.06. The number of piperidine rings is 1. The van der Waals surface area contributed by atoms with E-state index < -0.39 is 12.1 Å². The number of amides is 1. The summed E-state index contributed by atoms with van der Waals surface area (Å²) < 4.78 is 38.8. The van der Waals surface area contributed by atoms with Gasteiger partial charge < -0.3 is 10.2 Å². The maximum Gasteiger partial charge on any atom is 0.391 e. The molecule has 0 aromatic rings. The molecule has 3 aliphatic rings. The Labute approximate surface area is 155 Å². The van der Waals surface area contributed by atoms with E-state index in [1.165, 1.54) is 0 Å². The van der Waals surface area contributed by atoms with Crippen LogP contribution in [-0.2, 0) is 4.79 Å². The van der Waals surface area contributed by atoms with Crippen LogP contribution in [0.15, 0.2) is 0 Å². The second-order valence-corrected chi connectivity index (χ2v) is 8.79. The molecule has 0 spiro atoms. The fourth-order valence-corrected chi connectivity index (χ4v) is 5.39. The lowest BCUT2D eigenvalue weighted by molar-refractivity contribution is -0.185. The van der Waals surface area contributed by atoms with Gasteiger partial charge in [-0.2, -0.15) is 13.2 Å². The molecule has 150 valence electrons. The van der Waals surface area contributed by atoms with Crippen LogP contribution in [0, 0.1) is 23.7 Å². The van der Waals surface area contributed by atoms with Crippen molar-refractivity contribution in [3.05, 3.63) is 0 Å². The zero-order valence-electron chi connectivity index (χ0n) is 15.9. The highest BCUT2D eigenvalue weighted by Gasteiger charge is 2.44. The summed E-state index contributed by atoms with van der Waals surface area (Å²) in [6.45, 7) is 2.03. The Hall–Kier alpha value is -0.780. The van der Waals surface area contributed by atoms with Crippen LogP contribution < -0.4 is 5.32 Å². The fraction of sp³-hybridized carbons (Fsp3) is 0.950. The number of hydrogen-bond acceptors (Lipinski definition) is 2. The second-order valence-electron chi connectivity index (χ2n) is 8.79. The summed E-state index contributed by atoms with van der Waals surface area (Å²) >= 11 is 0. The minimum Gasteiger partial charge on any atom is -0.353 e. The van der Waals surface area contributed by atoms with E-state index in [1.807, 2.05) is 0 Å². The largest absolute Gasteiger partial charge is 0.391 e. The normalized spacial score (nSPS) is 35.2. The first-order valence-electron chi connectivity index (χ1n) is 10.4. The van der Waals surface area contributed by atoms with Crippen molar-refractivity contribution in [2.45, 2.75) is 76.4 Å². The molecule has 0 bridgehead atoms. The van der Waals surface area contributed by atoms with Gasteiger partial charge in [0.05, 0.1) is 5.92 Å². The summed E-state index contributed by atoms with van der Waals surface area (Å²) in [4.78, 5) is 15.2. The highest BCUT2D eigenvalue weighted by Crippen LogP contribution is 2.46. The third kappa shape index (κ3) is 4.93. The Balaban J connectivity index is 1.55.